The molecule has 76 valence electrons. The van der Waals surface area contributed by atoms with E-state index >= 15 is 0 Å². The maximum Gasteiger partial charge on any atom is 0.323 e. The van der Waals surface area contributed by atoms with Crippen molar-refractivity contribution < 1.29 is 19.5 Å². The molecule has 0 aliphatic heterocycles. The number of rotatable bonds is 4. The zero-order valence-electron chi connectivity index (χ0n) is 7.27. The van der Waals surface area contributed by atoms with Crippen LogP contribution in [0.4, 0.5) is 4.39 Å². The second kappa shape index (κ2) is 4.69. The second-order valence-corrected chi connectivity index (χ2v) is 2.85. The van der Waals surface area contributed by atoms with E-state index in [4.69, 9.17) is 10.3 Å². The van der Waals surface area contributed by atoms with Crippen molar-refractivity contribution in [2.24, 2.45) is 0 Å². The second-order valence-electron chi connectivity index (χ2n) is 2.85. The van der Waals surface area contributed by atoms with Gasteiger partial charge in [-0.3, -0.25) is 4.79 Å². The molecular weight excluding hydrogens is 189 g/mol. The van der Waals surface area contributed by atoms with Gasteiger partial charge in [0.05, 0.1) is 0 Å². The van der Waals surface area contributed by atoms with Crippen molar-refractivity contribution in [3.8, 4) is 0 Å². The Morgan fingerprint density at radius 1 is 1.43 bits per heavy atom. The summed E-state index contributed by atoms with van der Waals surface area (Å²) in [7, 11) is 0. The van der Waals surface area contributed by atoms with E-state index in [0.29, 0.717) is 5.56 Å². The number of halogens is 1. The molecule has 0 spiro atoms. The molecule has 0 aliphatic rings. The average Bonchev–Trinajstić information content (AvgIpc) is 2.16. The quantitative estimate of drug-likeness (QED) is 0.627. The normalized spacial score (nSPS) is 12.4. The van der Waals surface area contributed by atoms with E-state index in [9.17, 15) is 9.18 Å². The molecule has 0 saturated carbocycles. The number of hydroxylamine groups is 1. The molecule has 0 bridgehead atoms. The molecule has 1 aromatic carbocycles. The lowest BCUT2D eigenvalue weighted by Gasteiger charge is -2.09. The van der Waals surface area contributed by atoms with E-state index in [2.05, 4.69) is 0 Å². The van der Waals surface area contributed by atoms with Crippen LogP contribution in [-0.4, -0.2) is 22.3 Å². The highest BCUT2D eigenvalue weighted by atomic mass is 19.1. The molecule has 1 unspecified atom stereocenters. The Hall–Kier alpha value is -1.46. The minimum Gasteiger partial charge on any atom is -0.480 e. The van der Waals surface area contributed by atoms with Gasteiger partial charge in [-0.25, -0.2) is 4.39 Å². The topological polar surface area (TPSA) is 69.6 Å². The maximum absolute atomic E-state index is 12.5. The summed E-state index contributed by atoms with van der Waals surface area (Å²) in [5.41, 5.74) is 2.31. The van der Waals surface area contributed by atoms with Gasteiger partial charge in [-0.15, -0.1) is 0 Å². The van der Waals surface area contributed by atoms with Crippen LogP contribution in [0.3, 0.4) is 0 Å². The van der Waals surface area contributed by atoms with Gasteiger partial charge in [-0.2, -0.15) is 5.48 Å². The Bertz CT molecular complexity index is 312. The molecule has 0 amide bonds. The molecule has 4 nitrogen and oxygen atoms in total. The van der Waals surface area contributed by atoms with E-state index in [1.807, 2.05) is 0 Å². The fraction of sp³-hybridized carbons (Fsp3) is 0.222. The first-order valence-electron chi connectivity index (χ1n) is 4.00. The largest absolute Gasteiger partial charge is 0.480 e. The molecule has 1 atom stereocenters. The highest BCUT2D eigenvalue weighted by molar-refractivity contribution is 5.73. The number of carboxylic acid groups (broad SMARTS) is 1. The summed E-state index contributed by atoms with van der Waals surface area (Å²) in [6.45, 7) is 0. The van der Waals surface area contributed by atoms with Gasteiger partial charge in [-0.05, 0) is 17.7 Å². The zero-order chi connectivity index (χ0) is 10.6. The highest BCUT2D eigenvalue weighted by Gasteiger charge is 2.16. The predicted molar refractivity (Wildman–Crippen MR) is 46.5 cm³/mol. The van der Waals surface area contributed by atoms with Gasteiger partial charge >= 0.3 is 5.97 Å². The van der Waals surface area contributed by atoms with Crippen LogP contribution in [0.1, 0.15) is 5.56 Å². The summed E-state index contributed by atoms with van der Waals surface area (Å²) in [5.74, 6) is -1.53. The Balaban J connectivity index is 2.67. The Morgan fingerprint density at radius 2 is 2.00 bits per heavy atom. The summed E-state index contributed by atoms with van der Waals surface area (Å²) in [5, 5.41) is 17.1. The fourth-order valence-electron chi connectivity index (χ4n) is 1.04. The number of carboxylic acids is 1. The smallest absolute Gasteiger partial charge is 0.323 e. The monoisotopic (exact) mass is 199 g/mol. The van der Waals surface area contributed by atoms with Gasteiger partial charge in [0.15, 0.2) is 0 Å². The van der Waals surface area contributed by atoms with E-state index in [-0.39, 0.29) is 12.2 Å². The van der Waals surface area contributed by atoms with Gasteiger partial charge in [0.2, 0.25) is 0 Å². The molecule has 0 fully saturated rings. The van der Waals surface area contributed by atoms with Gasteiger partial charge in [0.1, 0.15) is 11.9 Å². The summed E-state index contributed by atoms with van der Waals surface area (Å²) in [6.07, 6.45) is 0.103. The van der Waals surface area contributed by atoms with E-state index < -0.39 is 12.0 Å². The SMILES string of the molecule is O=C(O)C(Cc1ccc(F)cc1)NO. The number of aliphatic carboxylic acids is 1. The molecular formula is C9H10FNO3. The number of benzene rings is 1. The lowest BCUT2D eigenvalue weighted by molar-refractivity contribution is -0.142. The van der Waals surface area contributed by atoms with Crippen LogP contribution in [0.15, 0.2) is 24.3 Å². The van der Waals surface area contributed by atoms with Gasteiger partial charge in [0.25, 0.3) is 0 Å². The van der Waals surface area contributed by atoms with E-state index in [1.54, 1.807) is 5.48 Å². The van der Waals surface area contributed by atoms with Crippen molar-refractivity contribution in [1.82, 2.24) is 5.48 Å². The molecule has 0 aliphatic carbocycles. The lowest BCUT2D eigenvalue weighted by atomic mass is 10.1. The van der Waals surface area contributed by atoms with E-state index in [1.165, 1.54) is 24.3 Å². The molecule has 5 heteroatoms. The first kappa shape index (κ1) is 10.6. The minimum atomic E-state index is -1.16. The van der Waals surface area contributed by atoms with E-state index in [0.717, 1.165) is 0 Å². The Labute approximate surface area is 79.9 Å². The number of hydrogen-bond donors (Lipinski definition) is 3. The van der Waals surface area contributed by atoms with Crippen molar-refractivity contribution in [1.29, 1.82) is 0 Å². The van der Waals surface area contributed by atoms with Crippen LogP contribution in [0.2, 0.25) is 0 Å². The third-order valence-corrected chi connectivity index (χ3v) is 1.81. The molecule has 3 N–H and O–H groups in total. The zero-order valence-corrected chi connectivity index (χ0v) is 7.27. The van der Waals surface area contributed by atoms with Gasteiger partial charge < -0.3 is 10.3 Å². The molecule has 1 rings (SSSR count). The summed E-state index contributed by atoms with van der Waals surface area (Å²) in [6, 6.07) is 4.36. The first-order chi connectivity index (χ1) is 6.63. The van der Waals surface area contributed by atoms with Crippen molar-refractivity contribution in [3.05, 3.63) is 35.6 Å². The average molecular weight is 199 g/mol. The van der Waals surface area contributed by atoms with Crippen molar-refractivity contribution in [3.63, 3.8) is 0 Å². The van der Waals surface area contributed by atoms with Crippen LogP contribution >= 0.6 is 0 Å². The van der Waals surface area contributed by atoms with Crippen molar-refractivity contribution >= 4 is 5.97 Å². The molecule has 1 aromatic rings. The van der Waals surface area contributed by atoms with Gasteiger partial charge in [0, 0.05) is 6.42 Å². The third-order valence-electron chi connectivity index (χ3n) is 1.81. The molecule has 0 radical (unpaired) electrons. The number of carbonyl (C=O) groups is 1. The lowest BCUT2D eigenvalue weighted by Crippen LogP contribution is -2.36. The standard InChI is InChI=1S/C9H10FNO3/c10-7-3-1-6(2-4-7)5-8(11-14)9(12)13/h1-4,8,11,14H,5H2,(H,12,13). The number of hydrogen-bond acceptors (Lipinski definition) is 3. The molecule has 0 saturated heterocycles. The van der Waals surface area contributed by atoms with Crippen molar-refractivity contribution in [2.75, 3.05) is 0 Å². The summed E-state index contributed by atoms with van der Waals surface area (Å²) >= 11 is 0. The van der Waals surface area contributed by atoms with Crippen LogP contribution in [0, 0.1) is 5.82 Å². The minimum absolute atomic E-state index is 0.103. The molecule has 0 aromatic heterocycles. The third kappa shape index (κ3) is 2.79. The fourth-order valence-corrected chi connectivity index (χ4v) is 1.04. The summed E-state index contributed by atoms with van der Waals surface area (Å²) in [4.78, 5) is 10.5. The number of nitrogens with one attached hydrogen (secondary N) is 1. The predicted octanol–water partition coefficient (Wildman–Crippen LogP) is 0.800. The van der Waals surface area contributed by atoms with Crippen LogP contribution in [0.5, 0.6) is 0 Å². The Morgan fingerprint density at radius 3 is 2.43 bits per heavy atom. The first-order valence-corrected chi connectivity index (χ1v) is 4.00. The van der Waals surface area contributed by atoms with Crippen molar-refractivity contribution in [2.45, 2.75) is 12.5 Å². The van der Waals surface area contributed by atoms with Crippen LogP contribution < -0.4 is 5.48 Å². The maximum atomic E-state index is 12.5. The molecule has 14 heavy (non-hydrogen) atoms. The summed E-state index contributed by atoms with van der Waals surface area (Å²) < 4.78 is 12.5. The van der Waals surface area contributed by atoms with Crippen LogP contribution in [0.25, 0.3) is 0 Å². The highest BCUT2D eigenvalue weighted by Crippen LogP contribution is 2.05. The Kier molecular flexibility index (Phi) is 3.55. The van der Waals surface area contributed by atoms with Gasteiger partial charge in [-0.1, -0.05) is 12.1 Å². The van der Waals surface area contributed by atoms with Crippen LogP contribution in [-0.2, 0) is 11.2 Å². The molecule has 0 heterocycles.